The first-order valence-electron chi connectivity index (χ1n) is 10.5. The third-order valence-corrected chi connectivity index (χ3v) is 6.50. The lowest BCUT2D eigenvalue weighted by Crippen LogP contribution is -2.43. The maximum Gasteiger partial charge on any atom is 0.248 e. The van der Waals surface area contributed by atoms with Crippen molar-refractivity contribution in [2.75, 3.05) is 16.9 Å². The summed E-state index contributed by atoms with van der Waals surface area (Å²) in [6.45, 7) is 3.88. The number of nitrogens with zero attached hydrogens (tertiary/aromatic N) is 4. The Kier molecular flexibility index (Phi) is 6.61. The Morgan fingerprint density at radius 2 is 1.88 bits per heavy atom. The van der Waals surface area contributed by atoms with E-state index in [0.29, 0.717) is 22.9 Å². The molecule has 7 nitrogen and oxygen atoms in total. The highest BCUT2D eigenvalue weighted by Gasteiger charge is 2.33. The van der Waals surface area contributed by atoms with E-state index in [1.165, 1.54) is 6.08 Å². The van der Waals surface area contributed by atoms with Gasteiger partial charge < -0.3 is 10.2 Å². The molecule has 4 rings (SSSR count). The lowest BCUT2D eigenvalue weighted by molar-refractivity contribution is -0.132. The van der Waals surface area contributed by atoms with E-state index >= 15 is 0 Å². The number of hydrogen-bond acceptors (Lipinski definition) is 5. The van der Waals surface area contributed by atoms with Crippen LogP contribution in [0.4, 0.5) is 5.69 Å². The van der Waals surface area contributed by atoms with Crippen LogP contribution < -0.4 is 5.32 Å². The molecule has 1 atom stereocenters. The number of aryl methyl sites for hydroxylation is 1. The van der Waals surface area contributed by atoms with Crippen molar-refractivity contribution in [2.45, 2.75) is 19.9 Å². The van der Waals surface area contributed by atoms with Crippen molar-refractivity contribution in [3.8, 4) is 11.8 Å². The molecule has 0 spiro atoms. The van der Waals surface area contributed by atoms with Gasteiger partial charge in [-0.3, -0.25) is 9.59 Å². The highest BCUT2D eigenvalue weighted by atomic mass is 32.2. The van der Waals surface area contributed by atoms with Gasteiger partial charge in [0.2, 0.25) is 11.8 Å². The third-order valence-electron chi connectivity index (χ3n) is 5.49. The molecule has 0 bridgehead atoms. The zero-order valence-corrected chi connectivity index (χ0v) is 19.2. The van der Waals surface area contributed by atoms with Gasteiger partial charge in [0.15, 0.2) is 0 Å². The van der Waals surface area contributed by atoms with Gasteiger partial charge in [-0.25, -0.2) is 4.68 Å². The zero-order chi connectivity index (χ0) is 23.4. The number of para-hydroxylation sites is 1. The Hall–Kier alpha value is -3.83. The second-order valence-corrected chi connectivity index (χ2v) is 8.67. The molecule has 0 aliphatic carbocycles. The molecule has 8 heteroatoms. The predicted octanol–water partition coefficient (Wildman–Crippen LogP) is 3.91. The van der Waals surface area contributed by atoms with Crippen molar-refractivity contribution < 1.29 is 9.59 Å². The van der Waals surface area contributed by atoms with Crippen LogP contribution in [-0.4, -0.2) is 44.2 Å². The molecule has 2 aromatic carbocycles. The van der Waals surface area contributed by atoms with E-state index in [2.05, 4.69) is 10.4 Å². The Balaban J connectivity index is 1.47. The van der Waals surface area contributed by atoms with E-state index in [0.717, 1.165) is 22.6 Å². The van der Waals surface area contributed by atoms with E-state index in [-0.39, 0.29) is 11.8 Å². The molecule has 3 aromatic rings. The number of nitrogens with one attached hydrogen (secondary N) is 1. The summed E-state index contributed by atoms with van der Waals surface area (Å²) in [5.74, 6) is 0.531. The van der Waals surface area contributed by atoms with Crippen LogP contribution in [0.3, 0.4) is 0 Å². The normalized spacial score (nSPS) is 15.5. The minimum absolute atomic E-state index is 0.216. The fourth-order valence-corrected chi connectivity index (χ4v) is 4.86. The average Bonchev–Trinajstić information content (AvgIpc) is 3.44. The third kappa shape index (κ3) is 4.83. The molecule has 1 aromatic heterocycles. The summed E-state index contributed by atoms with van der Waals surface area (Å²) in [6, 6.07) is 18.0. The molecule has 1 unspecified atom stereocenters. The largest absolute Gasteiger partial charge is 0.324 e. The molecule has 1 saturated heterocycles. The van der Waals surface area contributed by atoms with Crippen molar-refractivity contribution in [2.24, 2.45) is 0 Å². The number of benzene rings is 2. The summed E-state index contributed by atoms with van der Waals surface area (Å²) in [4.78, 5) is 27.3. The summed E-state index contributed by atoms with van der Waals surface area (Å²) in [6.07, 6.45) is 3.29. The van der Waals surface area contributed by atoms with Crippen molar-refractivity contribution in [1.82, 2.24) is 14.7 Å². The van der Waals surface area contributed by atoms with Crippen molar-refractivity contribution in [3.05, 3.63) is 83.2 Å². The van der Waals surface area contributed by atoms with Crippen LogP contribution >= 0.6 is 11.8 Å². The quantitative estimate of drug-likeness (QED) is 0.587. The van der Waals surface area contributed by atoms with Gasteiger partial charge in [-0.2, -0.15) is 10.4 Å². The van der Waals surface area contributed by atoms with Crippen molar-refractivity contribution in [3.63, 3.8) is 0 Å². The molecule has 0 saturated carbocycles. The first kappa shape index (κ1) is 22.4. The molecule has 1 aliphatic rings. The van der Waals surface area contributed by atoms with Gasteiger partial charge in [0.1, 0.15) is 6.04 Å². The Morgan fingerprint density at radius 1 is 1.15 bits per heavy atom. The smallest absolute Gasteiger partial charge is 0.248 e. The number of rotatable bonds is 5. The number of carbonyl (C=O) groups is 2. The molecule has 2 heterocycles. The zero-order valence-electron chi connectivity index (χ0n) is 18.4. The Labute approximate surface area is 196 Å². The lowest BCUT2D eigenvalue weighted by Gasteiger charge is -2.21. The van der Waals surface area contributed by atoms with Crippen LogP contribution in [-0.2, 0) is 9.59 Å². The van der Waals surface area contributed by atoms with E-state index in [4.69, 9.17) is 5.26 Å². The van der Waals surface area contributed by atoms with Crippen LogP contribution in [0.1, 0.15) is 22.5 Å². The first-order valence-corrected chi connectivity index (χ1v) is 11.6. The SMILES string of the molecule is Cc1nn(-c2ccccc2)c(C)c1/C=C/C(=O)N1CSCC1C(=O)Nc1ccc(C#N)cc1. The topological polar surface area (TPSA) is 91.0 Å². The fourth-order valence-electron chi connectivity index (χ4n) is 3.70. The van der Waals surface area contributed by atoms with Crippen LogP contribution in [0.25, 0.3) is 11.8 Å². The van der Waals surface area contributed by atoms with Crippen LogP contribution in [0.2, 0.25) is 0 Å². The highest BCUT2D eigenvalue weighted by Crippen LogP contribution is 2.24. The minimum Gasteiger partial charge on any atom is -0.324 e. The molecule has 1 fully saturated rings. The van der Waals surface area contributed by atoms with Crippen LogP contribution in [0, 0.1) is 25.2 Å². The number of nitriles is 1. The molecule has 1 aliphatic heterocycles. The molecule has 0 radical (unpaired) electrons. The number of carbonyl (C=O) groups excluding carboxylic acids is 2. The van der Waals surface area contributed by atoms with Gasteiger partial charge in [-0.1, -0.05) is 18.2 Å². The maximum absolute atomic E-state index is 13.0. The molecular formula is C25H23N5O2S. The number of thioether (sulfide) groups is 1. The highest BCUT2D eigenvalue weighted by molar-refractivity contribution is 7.99. The van der Waals surface area contributed by atoms with Gasteiger partial charge in [0, 0.05) is 28.8 Å². The van der Waals surface area contributed by atoms with E-state index in [9.17, 15) is 9.59 Å². The summed E-state index contributed by atoms with van der Waals surface area (Å²) in [5.41, 5.74) is 4.73. The molecular weight excluding hydrogens is 434 g/mol. The van der Waals surface area contributed by atoms with E-state index in [1.54, 1.807) is 47.0 Å². The average molecular weight is 458 g/mol. The minimum atomic E-state index is -0.558. The van der Waals surface area contributed by atoms with Crippen LogP contribution in [0.5, 0.6) is 0 Å². The molecule has 1 N–H and O–H groups in total. The van der Waals surface area contributed by atoms with Crippen LogP contribution in [0.15, 0.2) is 60.7 Å². The predicted molar refractivity (Wildman–Crippen MR) is 130 cm³/mol. The first-order chi connectivity index (χ1) is 16.0. The maximum atomic E-state index is 13.0. The summed E-state index contributed by atoms with van der Waals surface area (Å²) >= 11 is 1.54. The molecule has 2 amide bonds. The van der Waals surface area contributed by atoms with Crippen molar-refractivity contribution in [1.29, 1.82) is 5.26 Å². The summed E-state index contributed by atoms with van der Waals surface area (Å²) < 4.78 is 1.86. The number of hydrogen-bond donors (Lipinski definition) is 1. The van der Waals surface area contributed by atoms with Gasteiger partial charge in [-0.05, 0) is 56.3 Å². The van der Waals surface area contributed by atoms with Gasteiger partial charge >= 0.3 is 0 Å². The number of aromatic nitrogens is 2. The number of amides is 2. The monoisotopic (exact) mass is 457 g/mol. The molecule has 166 valence electrons. The second-order valence-electron chi connectivity index (χ2n) is 7.67. The summed E-state index contributed by atoms with van der Waals surface area (Å²) in [7, 11) is 0. The summed E-state index contributed by atoms with van der Waals surface area (Å²) in [5, 5.41) is 16.4. The van der Waals surface area contributed by atoms with E-state index < -0.39 is 6.04 Å². The van der Waals surface area contributed by atoms with Gasteiger partial charge in [0.25, 0.3) is 0 Å². The van der Waals surface area contributed by atoms with Gasteiger partial charge in [0.05, 0.1) is 28.9 Å². The van der Waals surface area contributed by atoms with E-state index in [1.807, 2.05) is 54.9 Å². The number of anilines is 1. The fraction of sp³-hybridized carbons (Fsp3) is 0.200. The standard InChI is InChI=1S/C25H23N5O2S/c1-17-22(18(2)30(28-17)21-6-4-3-5-7-21)12-13-24(31)29-16-33-15-23(29)25(32)27-20-10-8-19(14-26)9-11-20/h3-13,23H,15-16H2,1-2H3,(H,27,32)/b13-12+. The lowest BCUT2D eigenvalue weighted by atomic mass is 10.1. The van der Waals surface area contributed by atoms with Crippen molar-refractivity contribution >= 4 is 35.3 Å². The molecule has 33 heavy (non-hydrogen) atoms. The van der Waals surface area contributed by atoms with Gasteiger partial charge in [-0.15, -0.1) is 11.8 Å². The second kappa shape index (κ2) is 9.76. The Morgan fingerprint density at radius 3 is 2.58 bits per heavy atom. The Bertz CT molecular complexity index is 1240.